The number of ether oxygens (including phenoxy) is 1. The molecule has 0 unspecified atom stereocenters. The van der Waals surface area contributed by atoms with E-state index in [1.165, 1.54) is 4.31 Å². The first-order chi connectivity index (χ1) is 21.4. The number of sulfonamides is 1. The number of amides is 1. The highest BCUT2D eigenvalue weighted by Gasteiger charge is 2.31. The Kier molecular flexibility index (Phi) is 8.30. The number of para-hydroxylation sites is 3. The van der Waals surface area contributed by atoms with Crippen molar-refractivity contribution in [3.63, 3.8) is 0 Å². The molecule has 1 aliphatic heterocycles. The van der Waals surface area contributed by atoms with Crippen molar-refractivity contribution in [1.82, 2.24) is 4.90 Å². The molecule has 1 saturated heterocycles. The standard InChI is InChI=1S/C35H35N3O5S/c1-26-25-43-34-17-16-28(24-30(26)34)44(40,41)38(19-18-27-10-4-3-5-11-27)32-14-8-7-13-31(32)36-20-22-37(23-21-36)35(39)29-12-6-9-15-33(29)42-2/h3-17,24-25H,18-23H2,1-2H3. The van der Waals surface area contributed by atoms with Crippen molar-refractivity contribution in [2.75, 3.05) is 49.0 Å². The van der Waals surface area contributed by atoms with Crippen LogP contribution in [0.5, 0.6) is 5.75 Å². The predicted octanol–water partition coefficient (Wildman–Crippen LogP) is 6.15. The first-order valence-corrected chi connectivity index (χ1v) is 16.1. The average Bonchev–Trinajstić information content (AvgIpc) is 3.45. The van der Waals surface area contributed by atoms with Gasteiger partial charge in [0.25, 0.3) is 15.9 Å². The maximum absolute atomic E-state index is 14.4. The maximum atomic E-state index is 14.4. The third kappa shape index (κ3) is 5.75. The van der Waals surface area contributed by atoms with Crippen LogP contribution in [0, 0.1) is 6.92 Å². The summed E-state index contributed by atoms with van der Waals surface area (Å²) >= 11 is 0. The maximum Gasteiger partial charge on any atom is 0.264 e. The van der Waals surface area contributed by atoms with Crippen LogP contribution >= 0.6 is 0 Å². The van der Waals surface area contributed by atoms with Gasteiger partial charge >= 0.3 is 0 Å². The van der Waals surface area contributed by atoms with Crippen LogP contribution in [0.15, 0.2) is 113 Å². The van der Waals surface area contributed by atoms with E-state index in [1.807, 2.05) is 78.6 Å². The molecule has 1 fully saturated rings. The topological polar surface area (TPSA) is 83.3 Å². The summed E-state index contributed by atoms with van der Waals surface area (Å²) in [7, 11) is -2.39. The molecule has 0 bridgehead atoms. The fourth-order valence-electron chi connectivity index (χ4n) is 5.75. The van der Waals surface area contributed by atoms with Gasteiger partial charge in [0.2, 0.25) is 0 Å². The number of rotatable bonds is 9. The number of anilines is 2. The second kappa shape index (κ2) is 12.5. The molecule has 8 nitrogen and oxygen atoms in total. The molecule has 0 aliphatic carbocycles. The van der Waals surface area contributed by atoms with Gasteiger partial charge in [0, 0.05) is 38.1 Å². The number of furan rings is 1. The Balaban J connectivity index is 1.31. The SMILES string of the molecule is COc1ccccc1C(=O)N1CCN(c2ccccc2N(CCc2ccccc2)S(=O)(=O)c2ccc3occ(C)c3c2)CC1. The molecule has 5 aromatic rings. The Morgan fingerprint density at radius 1 is 0.886 bits per heavy atom. The van der Waals surface area contributed by atoms with E-state index in [2.05, 4.69) is 4.90 Å². The van der Waals surface area contributed by atoms with Crippen LogP contribution in [-0.4, -0.2) is 59.1 Å². The van der Waals surface area contributed by atoms with Gasteiger partial charge in [-0.3, -0.25) is 9.10 Å². The highest BCUT2D eigenvalue weighted by Crippen LogP contribution is 2.35. The molecule has 2 heterocycles. The van der Waals surface area contributed by atoms with Gasteiger partial charge in [0.15, 0.2) is 0 Å². The van der Waals surface area contributed by atoms with Crippen LogP contribution in [0.3, 0.4) is 0 Å². The van der Waals surface area contributed by atoms with Crippen molar-refractivity contribution >= 4 is 38.3 Å². The number of fused-ring (bicyclic) bond motifs is 1. The van der Waals surface area contributed by atoms with Crippen LogP contribution in [0.2, 0.25) is 0 Å². The molecule has 0 atom stereocenters. The second-order valence-electron chi connectivity index (χ2n) is 10.9. The minimum absolute atomic E-state index is 0.0765. The Labute approximate surface area is 258 Å². The summed E-state index contributed by atoms with van der Waals surface area (Å²) in [5, 5.41) is 0.776. The van der Waals surface area contributed by atoms with Crippen LogP contribution in [0.1, 0.15) is 21.5 Å². The minimum Gasteiger partial charge on any atom is -0.496 e. The van der Waals surface area contributed by atoms with Gasteiger partial charge in [-0.1, -0.05) is 54.6 Å². The van der Waals surface area contributed by atoms with Crippen LogP contribution < -0.4 is 13.9 Å². The third-order valence-corrected chi connectivity index (χ3v) is 9.98. The Bertz CT molecular complexity index is 1880. The van der Waals surface area contributed by atoms with Crippen molar-refractivity contribution in [3.8, 4) is 5.75 Å². The van der Waals surface area contributed by atoms with E-state index in [0.29, 0.717) is 55.2 Å². The van der Waals surface area contributed by atoms with Gasteiger partial charge in [0.05, 0.1) is 35.2 Å². The van der Waals surface area contributed by atoms with Gasteiger partial charge in [-0.05, 0) is 66.9 Å². The smallest absolute Gasteiger partial charge is 0.264 e. The molecule has 1 amide bonds. The third-order valence-electron chi connectivity index (χ3n) is 8.17. The van der Waals surface area contributed by atoms with E-state index in [0.717, 1.165) is 22.2 Å². The predicted molar refractivity (Wildman–Crippen MR) is 173 cm³/mol. The number of carbonyl (C=O) groups excluding carboxylic acids is 1. The minimum atomic E-state index is -3.95. The van der Waals surface area contributed by atoms with E-state index in [9.17, 15) is 13.2 Å². The van der Waals surface area contributed by atoms with Gasteiger partial charge in [0.1, 0.15) is 11.3 Å². The Morgan fingerprint density at radius 2 is 1.59 bits per heavy atom. The van der Waals surface area contributed by atoms with Crippen molar-refractivity contribution in [2.24, 2.45) is 0 Å². The summed E-state index contributed by atoms with van der Waals surface area (Å²) in [4.78, 5) is 17.5. The zero-order valence-electron chi connectivity index (χ0n) is 24.8. The van der Waals surface area contributed by atoms with E-state index in [1.54, 1.807) is 43.7 Å². The summed E-state index contributed by atoms with van der Waals surface area (Å²) in [5.41, 5.74) is 4.54. The largest absolute Gasteiger partial charge is 0.496 e. The zero-order valence-corrected chi connectivity index (χ0v) is 25.7. The molecule has 0 N–H and O–H groups in total. The molecule has 0 spiro atoms. The number of benzene rings is 4. The molecule has 6 rings (SSSR count). The summed E-state index contributed by atoms with van der Waals surface area (Å²) in [6, 6.07) is 29.8. The number of piperazine rings is 1. The monoisotopic (exact) mass is 609 g/mol. The fourth-order valence-corrected chi connectivity index (χ4v) is 7.26. The Morgan fingerprint density at radius 3 is 2.36 bits per heavy atom. The molecule has 1 aliphatic rings. The quantitative estimate of drug-likeness (QED) is 0.199. The zero-order chi connectivity index (χ0) is 30.7. The van der Waals surface area contributed by atoms with Gasteiger partial charge in [-0.15, -0.1) is 0 Å². The van der Waals surface area contributed by atoms with Crippen molar-refractivity contribution in [3.05, 3.63) is 120 Å². The first-order valence-electron chi connectivity index (χ1n) is 14.7. The normalized spacial score (nSPS) is 13.7. The van der Waals surface area contributed by atoms with Crippen molar-refractivity contribution in [1.29, 1.82) is 0 Å². The molecule has 0 radical (unpaired) electrons. The lowest BCUT2D eigenvalue weighted by Gasteiger charge is -2.38. The molecule has 1 aromatic heterocycles. The number of aryl methyl sites for hydroxylation is 1. The van der Waals surface area contributed by atoms with Gasteiger partial charge < -0.3 is 19.0 Å². The average molecular weight is 610 g/mol. The summed E-state index contributed by atoms with van der Waals surface area (Å²) < 4.78 is 41.4. The Hall–Kier alpha value is -4.76. The van der Waals surface area contributed by atoms with E-state index < -0.39 is 10.0 Å². The molecule has 44 heavy (non-hydrogen) atoms. The van der Waals surface area contributed by atoms with Crippen molar-refractivity contribution in [2.45, 2.75) is 18.2 Å². The summed E-state index contributed by atoms with van der Waals surface area (Å²) in [6.07, 6.45) is 2.18. The van der Waals surface area contributed by atoms with Gasteiger partial charge in [-0.2, -0.15) is 0 Å². The van der Waals surface area contributed by atoms with E-state index in [4.69, 9.17) is 9.15 Å². The lowest BCUT2D eigenvalue weighted by molar-refractivity contribution is 0.0743. The van der Waals surface area contributed by atoms with E-state index in [-0.39, 0.29) is 17.3 Å². The van der Waals surface area contributed by atoms with E-state index >= 15 is 0 Å². The fraction of sp³-hybridized carbons (Fsp3) is 0.229. The molecule has 0 saturated carbocycles. The molecular weight excluding hydrogens is 574 g/mol. The van der Waals surface area contributed by atoms with Crippen LogP contribution in [0.25, 0.3) is 11.0 Å². The highest BCUT2D eigenvalue weighted by atomic mass is 32.2. The number of methoxy groups -OCH3 is 1. The number of nitrogens with zero attached hydrogens (tertiary/aromatic N) is 3. The number of carbonyl (C=O) groups is 1. The second-order valence-corrected chi connectivity index (χ2v) is 12.7. The molecule has 226 valence electrons. The molecule has 9 heteroatoms. The molecule has 4 aromatic carbocycles. The highest BCUT2D eigenvalue weighted by molar-refractivity contribution is 7.92. The summed E-state index contributed by atoms with van der Waals surface area (Å²) in [6.45, 7) is 4.28. The number of hydrogen-bond donors (Lipinski definition) is 0. The first kappa shape index (κ1) is 29.3. The van der Waals surface area contributed by atoms with Gasteiger partial charge in [-0.25, -0.2) is 8.42 Å². The van der Waals surface area contributed by atoms with Crippen LogP contribution in [-0.2, 0) is 16.4 Å². The lowest BCUT2D eigenvalue weighted by Crippen LogP contribution is -2.49. The summed E-state index contributed by atoms with van der Waals surface area (Å²) in [5.74, 6) is 0.473. The number of hydrogen-bond acceptors (Lipinski definition) is 6. The molecular formula is C35H35N3O5S. The lowest BCUT2D eigenvalue weighted by atomic mass is 10.1. The van der Waals surface area contributed by atoms with Crippen molar-refractivity contribution < 1.29 is 22.4 Å². The van der Waals surface area contributed by atoms with Crippen LogP contribution in [0.4, 0.5) is 11.4 Å².